The van der Waals surface area contributed by atoms with Gasteiger partial charge in [-0.25, -0.2) is 14.8 Å². The molecule has 0 atom stereocenters. The first-order chi connectivity index (χ1) is 15.2. The second-order valence-corrected chi connectivity index (χ2v) is 7.57. The number of aromatic nitrogens is 2. The van der Waals surface area contributed by atoms with Gasteiger partial charge in [-0.2, -0.15) is 5.26 Å². The fraction of sp³-hybridized carbons (Fsp3) is 0.250. The number of benzene rings is 1. The third-order valence-electron chi connectivity index (χ3n) is 5.52. The van der Waals surface area contributed by atoms with E-state index in [4.69, 9.17) is 10.7 Å². The van der Waals surface area contributed by atoms with E-state index < -0.39 is 0 Å². The largest absolute Gasteiger partial charge is 0.396 e. The number of nitrogens with two attached hydrogens (primary N) is 1. The SMILES string of the molecule is N#Cc1ccccc1-c1ccc(N)c(N(C(=O)Nc2ccccn2)C2CCCCC2)n1. The molecule has 1 aliphatic carbocycles. The molecular weight excluding hydrogens is 388 g/mol. The number of nitriles is 1. The van der Waals surface area contributed by atoms with Gasteiger partial charge >= 0.3 is 6.03 Å². The lowest BCUT2D eigenvalue weighted by atomic mass is 9.94. The van der Waals surface area contributed by atoms with E-state index in [1.165, 1.54) is 0 Å². The normalized spacial score (nSPS) is 13.9. The van der Waals surface area contributed by atoms with Gasteiger partial charge in [0.1, 0.15) is 5.82 Å². The summed E-state index contributed by atoms with van der Waals surface area (Å²) in [5.41, 5.74) is 8.56. The van der Waals surface area contributed by atoms with Gasteiger partial charge in [-0.1, -0.05) is 43.5 Å². The zero-order chi connectivity index (χ0) is 21.6. The lowest BCUT2D eigenvalue weighted by molar-refractivity contribution is 0.252. The van der Waals surface area contributed by atoms with Crippen LogP contribution in [-0.4, -0.2) is 22.0 Å². The fourth-order valence-electron chi connectivity index (χ4n) is 3.99. The van der Waals surface area contributed by atoms with Crippen molar-refractivity contribution in [2.45, 2.75) is 38.1 Å². The van der Waals surface area contributed by atoms with Crippen LogP contribution in [0.15, 0.2) is 60.8 Å². The molecule has 4 rings (SSSR count). The van der Waals surface area contributed by atoms with E-state index in [1.807, 2.05) is 24.3 Å². The zero-order valence-electron chi connectivity index (χ0n) is 17.2. The van der Waals surface area contributed by atoms with Gasteiger partial charge in [-0.05, 0) is 43.2 Å². The van der Waals surface area contributed by atoms with E-state index in [1.54, 1.807) is 41.4 Å². The van der Waals surface area contributed by atoms with Gasteiger partial charge in [0.2, 0.25) is 0 Å². The summed E-state index contributed by atoms with van der Waals surface area (Å²) in [7, 11) is 0. The number of anilines is 3. The van der Waals surface area contributed by atoms with E-state index >= 15 is 0 Å². The zero-order valence-corrected chi connectivity index (χ0v) is 17.2. The van der Waals surface area contributed by atoms with Crippen molar-refractivity contribution in [3.63, 3.8) is 0 Å². The average Bonchev–Trinajstić information content (AvgIpc) is 2.82. The van der Waals surface area contributed by atoms with Crippen LogP contribution in [-0.2, 0) is 0 Å². The van der Waals surface area contributed by atoms with Crippen LogP contribution in [0.2, 0.25) is 0 Å². The fourth-order valence-corrected chi connectivity index (χ4v) is 3.99. The number of pyridine rings is 2. The van der Waals surface area contributed by atoms with Crippen molar-refractivity contribution in [3.8, 4) is 17.3 Å². The third kappa shape index (κ3) is 4.48. The molecule has 31 heavy (non-hydrogen) atoms. The second-order valence-electron chi connectivity index (χ2n) is 7.57. The molecule has 1 fully saturated rings. The maximum atomic E-state index is 13.4. The summed E-state index contributed by atoms with van der Waals surface area (Å²) in [5.74, 6) is 0.878. The molecule has 0 unspecified atom stereocenters. The summed E-state index contributed by atoms with van der Waals surface area (Å²) in [5, 5.41) is 12.4. The van der Waals surface area contributed by atoms with Crippen molar-refractivity contribution in [2.75, 3.05) is 16.0 Å². The number of carbonyl (C=O) groups excluding carboxylic acids is 1. The Morgan fingerprint density at radius 1 is 1.06 bits per heavy atom. The number of nitrogens with zero attached hydrogens (tertiary/aromatic N) is 4. The van der Waals surface area contributed by atoms with Crippen LogP contribution < -0.4 is 16.0 Å². The Kier molecular flexibility index (Phi) is 6.08. The van der Waals surface area contributed by atoms with Crippen LogP contribution in [0.3, 0.4) is 0 Å². The number of rotatable bonds is 4. The van der Waals surface area contributed by atoms with Crippen LogP contribution in [0.5, 0.6) is 0 Å². The Labute approximate surface area is 181 Å². The number of hydrogen-bond donors (Lipinski definition) is 2. The summed E-state index contributed by atoms with van der Waals surface area (Å²) in [4.78, 5) is 24.0. The summed E-state index contributed by atoms with van der Waals surface area (Å²) < 4.78 is 0. The summed E-state index contributed by atoms with van der Waals surface area (Å²) >= 11 is 0. The first-order valence-electron chi connectivity index (χ1n) is 10.4. The number of nitrogen functional groups attached to an aromatic ring is 1. The Balaban J connectivity index is 1.75. The van der Waals surface area contributed by atoms with Gasteiger partial charge in [0.05, 0.1) is 23.0 Å². The molecule has 156 valence electrons. The molecule has 3 aromatic rings. The summed E-state index contributed by atoms with van der Waals surface area (Å²) in [6.07, 6.45) is 6.66. The molecule has 0 aliphatic heterocycles. The summed E-state index contributed by atoms with van der Waals surface area (Å²) in [6.45, 7) is 0. The van der Waals surface area contributed by atoms with Gasteiger partial charge in [0.15, 0.2) is 5.82 Å². The molecule has 7 nitrogen and oxygen atoms in total. The minimum absolute atomic E-state index is 0.00581. The van der Waals surface area contributed by atoms with Crippen molar-refractivity contribution in [1.82, 2.24) is 9.97 Å². The molecule has 2 aromatic heterocycles. The van der Waals surface area contributed by atoms with E-state index in [0.29, 0.717) is 34.1 Å². The summed E-state index contributed by atoms with van der Waals surface area (Å²) in [6, 6.07) is 18.0. The maximum absolute atomic E-state index is 13.4. The Morgan fingerprint density at radius 2 is 1.84 bits per heavy atom. The number of nitrogens with one attached hydrogen (secondary N) is 1. The highest BCUT2D eigenvalue weighted by Crippen LogP contribution is 2.33. The minimum atomic E-state index is -0.310. The van der Waals surface area contributed by atoms with Gasteiger partial charge in [0.25, 0.3) is 0 Å². The van der Waals surface area contributed by atoms with Gasteiger partial charge in [0, 0.05) is 17.8 Å². The molecule has 1 aromatic carbocycles. The molecule has 7 heteroatoms. The first kappa shape index (κ1) is 20.4. The average molecular weight is 412 g/mol. The quantitative estimate of drug-likeness (QED) is 0.629. The molecule has 3 N–H and O–H groups in total. The number of amides is 2. The monoisotopic (exact) mass is 412 g/mol. The van der Waals surface area contributed by atoms with Gasteiger partial charge in [-0.15, -0.1) is 0 Å². The molecule has 2 amide bonds. The maximum Gasteiger partial charge on any atom is 0.328 e. The van der Waals surface area contributed by atoms with Crippen LogP contribution in [0, 0.1) is 11.3 Å². The first-order valence-corrected chi connectivity index (χ1v) is 10.4. The predicted molar refractivity (Wildman–Crippen MR) is 121 cm³/mol. The van der Waals surface area contributed by atoms with E-state index in [-0.39, 0.29) is 12.1 Å². The molecule has 0 bridgehead atoms. The molecule has 1 saturated carbocycles. The molecule has 0 radical (unpaired) electrons. The van der Waals surface area contributed by atoms with E-state index in [9.17, 15) is 10.1 Å². The lowest BCUT2D eigenvalue weighted by Gasteiger charge is -2.34. The Morgan fingerprint density at radius 3 is 2.58 bits per heavy atom. The van der Waals surface area contributed by atoms with Crippen molar-refractivity contribution < 1.29 is 4.79 Å². The smallest absolute Gasteiger partial charge is 0.328 e. The van der Waals surface area contributed by atoms with Crippen molar-refractivity contribution in [3.05, 3.63) is 66.4 Å². The van der Waals surface area contributed by atoms with Gasteiger partial charge < -0.3 is 5.73 Å². The Bertz CT molecular complexity index is 1100. The van der Waals surface area contributed by atoms with Crippen LogP contribution in [0.4, 0.5) is 22.1 Å². The second kappa shape index (κ2) is 9.26. The lowest BCUT2D eigenvalue weighted by Crippen LogP contribution is -2.45. The van der Waals surface area contributed by atoms with Crippen molar-refractivity contribution in [2.24, 2.45) is 0 Å². The number of hydrogen-bond acceptors (Lipinski definition) is 5. The minimum Gasteiger partial charge on any atom is -0.396 e. The molecule has 0 saturated heterocycles. The van der Waals surface area contributed by atoms with Gasteiger partial charge in [-0.3, -0.25) is 10.2 Å². The standard InChI is InChI=1S/C24H24N6O/c25-16-17-8-4-5-11-19(17)21-14-13-20(26)23(28-21)30(18-9-2-1-3-10-18)24(31)29-22-12-6-7-15-27-22/h4-8,11-15,18H,1-3,9-10,26H2,(H,27,29,31). The topological polar surface area (TPSA) is 108 Å². The van der Waals surface area contributed by atoms with Crippen LogP contribution in [0.25, 0.3) is 11.3 Å². The van der Waals surface area contributed by atoms with E-state index in [2.05, 4.69) is 16.4 Å². The molecular formula is C24H24N6O. The number of urea groups is 1. The molecule has 0 spiro atoms. The van der Waals surface area contributed by atoms with Crippen LogP contribution >= 0.6 is 0 Å². The van der Waals surface area contributed by atoms with Crippen molar-refractivity contribution in [1.29, 1.82) is 5.26 Å². The highest BCUT2D eigenvalue weighted by molar-refractivity contribution is 6.03. The molecule has 2 heterocycles. The molecule has 1 aliphatic rings. The number of carbonyl (C=O) groups is 1. The van der Waals surface area contributed by atoms with Crippen LogP contribution in [0.1, 0.15) is 37.7 Å². The predicted octanol–water partition coefficient (Wildman–Crippen LogP) is 4.97. The third-order valence-corrected chi connectivity index (χ3v) is 5.52. The highest BCUT2D eigenvalue weighted by atomic mass is 16.2. The highest BCUT2D eigenvalue weighted by Gasteiger charge is 2.30. The Hall–Kier alpha value is -3.92. The van der Waals surface area contributed by atoms with Crippen molar-refractivity contribution >= 4 is 23.4 Å². The van der Waals surface area contributed by atoms with E-state index in [0.717, 1.165) is 32.1 Å².